The Morgan fingerprint density at radius 3 is 0.958 bits per heavy atom. The molecule has 72 heavy (non-hydrogen) atoms. The molecule has 0 rings (SSSR count). The maximum Gasteiger partial charge on any atom is 0.306 e. The highest BCUT2D eigenvalue weighted by atomic mass is 16.6. The maximum atomic E-state index is 12.9. The average molecular weight is 1010 g/mol. The van der Waals surface area contributed by atoms with Gasteiger partial charge in [-0.05, 0) is 109 Å². The summed E-state index contributed by atoms with van der Waals surface area (Å²) in [4.78, 5) is 25.6. The van der Waals surface area contributed by atoms with Gasteiger partial charge in [-0.15, -0.1) is 0 Å². The molecule has 1 unspecified atom stereocenters. The van der Waals surface area contributed by atoms with E-state index in [1.54, 1.807) is 0 Å². The molecule has 0 aliphatic carbocycles. The molecule has 0 heterocycles. The number of esters is 2. The van der Waals surface area contributed by atoms with E-state index >= 15 is 0 Å². The predicted octanol–water partition coefficient (Wildman–Crippen LogP) is 22.0. The molecule has 0 aromatic carbocycles. The van der Waals surface area contributed by atoms with Crippen LogP contribution in [-0.2, 0) is 23.8 Å². The summed E-state index contributed by atoms with van der Waals surface area (Å²) in [7, 11) is 0. The minimum atomic E-state index is -0.544. The third-order valence-corrected chi connectivity index (χ3v) is 14.0. The lowest BCUT2D eigenvalue weighted by atomic mass is 10.1. The van der Waals surface area contributed by atoms with Crippen molar-refractivity contribution in [1.29, 1.82) is 0 Å². The molecule has 0 saturated carbocycles. The molecule has 0 aromatic heterocycles. The molecule has 0 aliphatic rings. The first-order valence-electron chi connectivity index (χ1n) is 31.8. The monoisotopic (exact) mass is 1010 g/mol. The Hall–Kier alpha value is -2.40. The quantitative estimate of drug-likeness (QED) is 0.0345. The number of rotatable bonds is 59. The Labute approximate surface area is 449 Å². The molecule has 1 atom stereocenters. The van der Waals surface area contributed by atoms with Crippen molar-refractivity contribution in [2.45, 2.75) is 335 Å². The van der Waals surface area contributed by atoms with E-state index in [4.69, 9.17) is 14.2 Å². The van der Waals surface area contributed by atoms with E-state index in [0.29, 0.717) is 19.4 Å². The van der Waals surface area contributed by atoms with Gasteiger partial charge in [0.05, 0.1) is 6.61 Å². The topological polar surface area (TPSA) is 61.8 Å². The van der Waals surface area contributed by atoms with Crippen molar-refractivity contribution in [3.05, 3.63) is 60.8 Å². The third kappa shape index (κ3) is 60.2. The Bertz CT molecular complexity index is 1230. The zero-order valence-corrected chi connectivity index (χ0v) is 48.5. The van der Waals surface area contributed by atoms with Crippen molar-refractivity contribution in [2.75, 3.05) is 19.8 Å². The van der Waals surface area contributed by atoms with Crippen LogP contribution in [0.15, 0.2) is 60.8 Å². The molecule has 0 saturated heterocycles. The van der Waals surface area contributed by atoms with E-state index in [0.717, 1.165) is 57.8 Å². The van der Waals surface area contributed by atoms with Crippen LogP contribution in [-0.4, -0.2) is 37.9 Å². The molecule has 5 nitrogen and oxygen atoms in total. The van der Waals surface area contributed by atoms with E-state index in [1.165, 1.54) is 238 Å². The molecule has 0 spiro atoms. The molecule has 0 fully saturated rings. The first-order valence-corrected chi connectivity index (χ1v) is 31.8. The average Bonchev–Trinajstić information content (AvgIpc) is 3.38. The Kier molecular flexibility index (Phi) is 60.8. The molecule has 0 amide bonds. The number of hydrogen-bond acceptors (Lipinski definition) is 5. The van der Waals surface area contributed by atoms with Gasteiger partial charge in [0.2, 0.25) is 0 Å². The van der Waals surface area contributed by atoms with E-state index in [9.17, 15) is 9.59 Å². The SMILES string of the molecule is CCCCC/C=C\C/C=C\CCCCCCCCCCCCOCC(COC(=O)CCCCCCCCCCC/C=C\C/C=C\CCCCC)OC(=O)CCCCCCCCC/C=C\CCCCCCCC. The molecule has 0 radical (unpaired) electrons. The third-order valence-electron chi connectivity index (χ3n) is 14.0. The predicted molar refractivity (Wildman–Crippen MR) is 316 cm³/mol. The Balaban J connectivity index is 4.27. The first kappa shape index (κ1) is 69.6. The molecular weight excluding hydrogens is 885 g/mol. The van der Waals surface area contributed by atoms with Crippen LogP contribution in [0.1, 0.15) is 329 Å². The molecule has 0 N–H and O–H groups in total. The maximum absolute atomic E-state index is 12.9. The van der Waals surface area contributed by atoms with Crippen LogP contribution in [0.4, 0.5) is 0 Å². The van der Waals surface area contributed by atoms with Crippen molar-refractivity contribution in [3.8, 4) is 0 Å². The zero-order chi connectivity index (χ0) is 52.0. The smallest absolute Gasteiger partial charge is 0.306 e. The van der Waals surface area contributed by atoms with Gasteiger partial charge >= 0.3 is 11.9 Å². The van der Waals surface area contributed by atoms with E-state index in [2.05, 4.69) is 81.5 Å². The van der Waals surface area contributed by atoms with E-state index in [-0.39, 0.29) is 25.2 Å². The van der Waals surface area contributed by atoms with Crippen LogP contribution in [0.25, 0.3) is 0 Å². The van der Waals surface area contributed by atoms with Gasteiger partial charge in [-0.1, -0.05) is 268 Å². The fourth-order valence-corrected chi connectivity index (χ4v) is 9.21. The Morgan fingerprint density at radius 2 is 0.583 bits per heavy atom. The van der Waals surface area contributed by atoms with Crippen molar-refractivity contribution in [1.82, 2.24) is 0 Å². The lowest BCUT2D eigenvalue weighted by molar-refractivity contribution is -0.163. The molecule has 0 aromatic rings. The zero-order valence-electron chi connectivity index (χ0n) is 48.5. The molecule has 0 aliphatic heterocycles. The molecular formula is C67H122O5. The number of unbranched alkanes of at least 4 members (excludes halogenated alkanes) is 38. The van der Waals surface area contributed by atoms with Crippen LogP contribution >= 0.6 is 0 Å². The van der Waals surface area contributed by atoms with Gasteiger partial charge in [-0.2, -0.15) is 0 Å². The number of carbonyl (C=O) groups is 2. The highest BCUT2D eigenvalue weighted by Gasteiger charge is 2.18. The summed E-state index contributed by atoms with van der Waals surface area (Å²) >= 11 is 0. The van der Waals surface area contributed by atoms with Crippen LogP contribution in [0.3, 0.4) is 0 Å². The largest absolute Gasteiger partial charge is 0.462 e. The second kappa shape index (κ2) is 62.9. The first-order chi connectivity index (χ1) is 35.6. The van der Waals surface area contributed by atoms with Gasteiger partial charge in [0, 0.05) is 19.4 Å². The van der Waals surface area contributed by atoms with Crippen LogP contribution in [0.5, 0.6) is 0 Å². The number of carbonyl (C=O) groups excluding carboxylic acids is 2. The standard InChI is InChI=1S/C67H122O5/c1-4-7-10-13-16-19-22-25-28-31-33-35-38-41-44-47-50-53-56-59-62-70-63-65(72-67(69)61-58-55-52-49-46-43-40-36-30-27-24-21-18-15-12-9-6-3)64-71-66(68)60-57-54-51-48-45-42-39-37-34-32-29-26-23-20-17-14-11-8-5-2/h16-17,19-20,25-30,65H,4-15,18,21-24,31-64H2,1-3H3/b19-16-,20-17-,28-25-,29-26-,30-27-. The fraction of sp³-hybridized carbons (Fsp3) is 0.821. The minimum absolute atomic E-state index is 0.0817. The van der Waals surface area contributed by atoms with Crippen molar-refractivity contribution in [2.24, 2.45) is 0 Å². The number of ether oxygens (including phenoxy) is 3. The van der Waals surface area contributed by atoms with E-state index < -0.39 is 6.10 Å². The van der Waals surface area contributed by atoms with Gasteiger partial charge in [-0.3, -0.25) is 9.59 Å². The molecule has 420 valence electrons. The summed E-state index contributed by atoms with van der Waals surface area (Å²) < 4.78 is 17.6. The van der Waals surface area contributed by atoms with Crippen molar-refractivity contribution >= 4 is 11.9 Å². The van der Waals surface area contributed by atoms with Gasteiger partial charge in [0.15, 0.2) is 6.10 Å². The Morgan fingerprint density at radius 1 is 0.306 bits per heavy atom. The lowest BCUT2D eigenvalue weighted by Gasteiger charge is -2.18. The van der Waals surface area contributed by atoms with Gasteiger partial charge in [0.25, 0.3) is 0 Å². The molecule has 0 bridgehead atoms. The summed E-state index contributed by atoms with van der Waals surface area (Å²) in [5, 5.41) is 0. The summed E-state index contributed by atoms with van der Waals surface area (Å²) in [6.07, 6.45) is 81.1. The normalized spacial score (nSPS) is 12.5. The number of hydrogen-bond donors (Lipinski definition) is 0. The summed E-state index contributed by atoms with van der Waals surface area (Å²) in [5.41, 5.74) is 0. The second-order valence-corrected chi connectivity index (χ2v) is 21.3. The fourth-order valence-electron chi connectivity index (χ4n) is 9.21. The highest BCUT2D eigenvalue weighted by Crippen LogP contribution is 2.16. The minimum Gasteiger partial charge on any atom is -0.462 e. The lowest BCUT2D eigenvalue weighted by Crippen LogP contribution is -2.30. The van der Waals surface area contributed by atoms with E-state index in [1.807, 2.05) is 0 Å². The van der Waals surface area contributed by atoms with Gasteiger partial charge in [0.1, 0.15) is 6.61 Å². The number of allylic oxidation sites excluding steroid dienone is 10. The highest BCUT2D eigenvalue weighted by molar-refractivity contribution is 5.70. The van der Waals surface area contributed by atoms with Gasteiger partial charge in [-0.25, -0.2) is 0 Å². The molecule has 5 heteroatoms. The summed E-state index contributed by atoms with van der Waals surface area (Å²) in [6, 6.07) is 0. The van der Waals surface area contributed by atoms with Gasteiger partial charge < -0.3 is 14.2 Å². The van der Waals surface area contributed by atoms with Crippen LogP contribution in [0.2, 0.25) is 0 Å². The summed E-state index contributed by atoms with van der Waals surface area (Å²) in [5.74, 6) is -0.393. The van der Waals surface area contributed by atoms with Crippen LogP contribution < -0.4 is 0 Å². The van der Waals surface area contributed by atoms with Crippen LogP contribution in [0, 0.1) is 0 Å². The van der Waals surface area contributed by atoms with Crippen molar-refractivity contribution < 1.29 is 23.8 Å². The van der Waals surface area contributed by atoms with Crippen molar-refractivity contribution in [3.63, 3.8) is 0 Å². The second-order valence-electron chi connectivity index (χ2n) is 21.3. The summed E-state index contributed by atoms with van der Waals surface area (Å²) in [6.45, 7) is 7.81.